The molecule has 0 radical (unpaired) electrons. The van der Waals surface area contributed by atoms with Crippen molar-refractivity contribution in [1.82, 2.24) is 14.5 Å². The fourth-order valence-electron chi connectivity index (χ4n) is 5.74. The van der Waals surface area contributed by atoms with Crippen molar-refractivity contribution in [2.75, 3.05) is 7.11 Å². The maximum Gasteiger partial charge on any atom is 0.337 e. The number of hydrogen-bond donors (Lipinski definition) is 1. The Morgan fingerprint density at radius 1 is 1.05 bits per heavy atom. The van der Waals surface area contributed by atoms with Gasteiger partial charge in [0.25, 0.3) is 0 Å². The number of methoxy groups -OCH3 is 1. The molecule has 3 heterocycles. The number of ether oxygens (including phenoxy) is 1. The third-order valence-electron chi connectivity index (χ3n) is 7.65. The van der Waals surface area contributed by atoms with Crippen molar-refractivity contribution < 1.29 is 19.4 Å². The first-order valence-electron chi connectivity index (χ1n) is 14.0. The van der Waals surface area contributed by atoms with Gasteiger partial charge in [-0.15, -0.1) is 11.3 Å². The minimum atomic E-state index is -0.945. The van der Waals surface area contributed by atoms with Crippen LogP contribution in [0.3, 0.4) is 0 Å². The van der Waals surface area contributed by atoms with Gasteiger partial charge in [-0.1, -0.05) is 51.3 Å². The fourth-order valence-corrected chi connectivity index (χ4v) is 6.63. The largest absolute Gasteiger partial charge is 0.480 e. The molecule has 0 saturated heterocycles. The summed E-state index contributed by atoms with van der Waals surface area (Å²) in [5.41, 5.74) is 6.74. The summed E-state index contributed by atoms with van der Waals surface area (Å²) in [6.07, 6.45) is 4.34. The molecule has 0 saturated carbocycles. The molecule has 5 rings (SSSR count). The second kappa shape index (κ2) is 11.8. The first-order chi connectivity index (χ1) is 19.7. The van der Waals surface area contributed by atoms with E-state index in [1.165, 1.54) is 7.11 Å². The van der Waals surface area contributed by atoms with Gasteiger partial charge >= 0.3 is 11.9 Å². The smallest absolute Gasteiger partial charge is 0.337 e. The van der Waals surface area contributed by atoms with Gasteiger partial charge in [-0.05, 0) is 67.6 Å². The number of pyridine rings is 1. The summed E-state index contributed by atoms with van der Waals surface area (Å²) in [7, 11) is 1.35. The molecular weight excluding hydrogens is 534 g/mol. The van der Waals surface area contributed by atoms with Crippen molar-refractivity contribution in [3.63, 3.8) is 0 Å². The van der Waals surface area contributed by atoms with Gasteiger partial charge in [0.2, 0.25) is 0 Å². The standard InChI is InChI=1S/C33H35N3O4S/c1-6-7-8-9-19(2)30-25-13-10-24(33(39)40-5)17-28(25)36(18-29(37)38)31(30)23-12-14-26-22(16-23)11-15-27(35-26)32-20(3)34-21(4)41-32/h10-17,19H,6-9,18H2,1-5H3,(H,37,38). The maximum absolute atomic E-state index is 12.4. The predicted molar refractivity (Wildman–Crippen MR) is 165 cm³/mol. The lowest BCUT2D eigenvalue weighted by Gasteiger charge is -2.16. The molecule has 0 bridgehead atoms. The second-order valence-electron chi connectivity index (χ2n) is 10.6. The monoisotopic (exact) mass is 569 g/mol. The van der Waals surface area contributed by atoms with E-state index in [2.05, 4.69) is 31.0 Å². The minimum Gasteiger partial charge on any atom is -0.480 e. The molecule has 0 aliphatic heterocycles. The van der Waals surface area contributed by atoms with Crippen molar-refractivity contribution in [2.24, 2.45) is 0 Å². The average Bonchev–Trinajstić information content (AvgIpc) is 3.47. The lowest BCUT2D eigenvalue weighted by molar-refractivity contribution is -0.137. The van der Waals surface area contributed by atoms with E-state index in [1.54, 1.807) is 23.5 Å². The van der Waals surface area contributed by atoms with Gasteiger partial charge in [0.15, 0.2) is 0 Å². The lowest BCUT2D eigenvalue weighted by Crippen LogP contribution is -2.11. The number of thiazole rings is 1. The zero-order chi connectivity index (χ0) is 29.3. The molecular formula is C33H35N3O4S. The van der Waals surface area contributed by atoms with Crippen molar-refractivity contribution >= 4 is 45.1 Å². The van der Waals surface area contributed by atoms with Crippen LogP contribution in [0.15, 0.2) is 48.5 Å². The van der Waals surface area contributed by atoms with Crippen LogP contribution in [0.25, 0.3) is 43.6 Å². The molecule has 3 aromatic heterocycles. The van der Waals surface area contributed by atoms with Crippen LogP contribution >= 0.6 is 11.3 Å². The van der Waals surface area contributed by atoms with Crippen molar-refractivity contribution in [3.05, 3.63) is 70.4 Å². The second-order valence-corrected chi connectivity index (χ2v) is 11.8. The number of carbonyl (C=O) groups is 2. The zero-order valence-electron chi connectivity index (χ0n) is 24.2. The number of carboxylic acid groups (broad SMARTS) is 1. The molecule has 0 aliphatic rings. The third-order valence-corrected chi connectivity index (χ3v) is 8.75. The number of aryl methyl sites for hydroxylation is 2. The van der Waals surface area contributed by atoms with Gasteiger partial charge in [0.05, 0.1) is 50.7 Å². The van der Waals surface area contributed by atoms with E-state index in [9.17, 15) is 14.7 Å². The van der Waals surface area contributed by atoms with Crippen LogP contribution < -0.4 is 0 Å². The molecule has 0 amide bonds. The minimum absolute atomic E-state index is 0.187. The number of carboxylic acids is 1. The summed E-state index contributed by atoms with van der Waals surface area (Å²) in [6.45, 7) is 8.18. The highest BCUT2D eigenvalue weighted by Gasteiger charge is 2.25. The van der Waals surface area contributed by atoms with E-state index in [0.29, 0.717) is 11.1 Å². The molecule has 8 heteroatoms. The third kappa shape index (κ3) is 5.61. The molecule has 1 unspecified atom stereocenters. The number of hydrogen-bond acceptors (Lipinski definition) is 6. The number of fused-ring (bicyclic) bond motifs is 2. The van der Waals surface area contributed by atoms with Crippen LogP contribution in [0.5, 0.6) is 0 Å². The zero-order valence-corrected chi connectivity index (χ0v) is 25.0. The van der Waals surface area contributed by atoms with E-state index in [1.807, 2.05) is 42.7 Å². The summed E-state index contributed by atoms with van der Waals surface area (Å²) in [5.74, 6) is -1.21. The maximum atomic E-state index is 12.4. The summed E-state index contributed by atoms with van der Waals surface area (Å²) in [5, 5.41) is 12.9. The Morgan fingerprint density at radius 2 is 1.85 bits per heavy atom. The Labute approximate surface area is 243 Å². The molecule has 2 aromatic carbocycles. The predicted octanol–water partition coefficient (Wildman–Crippen LogP) is 8.15. The normalized spacial score (nSPS) is 12.2. The number of rotatable bonds is 10. The lowest BCUT2D eigenvalue weighted by atomic mass is 9.90. The number of benzene rings is 2. The Balaban J connectivity index is 1.71. The van der Waals surface area contributed by atoms with Crippen LogP contribution in [0.4, 0.5) is 0 Å². The summed E-state index contributed by atoms with van der Waals surface area (Å²) in [6, 6.07) is 15.7. The number of aliphatic carboxylic acids is 1. The molecule has 0 aliphatic carbocycles. The number of carbonyl (C=O) groups excluding carboxylic acids is 1. The molecule has 7 nitrogen and oxygen atoms in total. The molecule has 41 heavy (non-hydrogen) atoms. The van der Waals surface area contributed by atoms with Gasteiger partial charge in [0, 0.05) is 10.8 Å². The van der Waals surface area contributed by atoms with Gasteiger partial charge in [-0.25, -0.2) is 14.8 Å². The average molecular weight is 570 g/mol. The van der Waals surface area contributed by atoms with Crippen LogP contribution in [0.1, 0.15) is 72.1 Å². The molecule has 5 aromatic rings. The fraction of sp³-hybridized carbons (Fsp3) is 0.333. The molecule has 1 N–H and O–H groups in total. The van der Waals surface area contributed by atoms with E-state index in [-0.39, 0.29) is 12.5 Å². The Bertz CT molecular complexity index is 1770. The quantitative estimate of drug-likeness (QED) is 0.135. The Hall–Kier alpha value is -4.04. The number of nitrogens with zero attached hydrogens (tertiary/aromatic N) is 3. The first-order valence-corrected chi connectivity index (χ1v) is 14.8. The number of esters is 1. The van der Waals surface area contributed by atoms with Crippen LogP contribution in [-0.2, 0) is 16.1 Å². The number of aromatic nitrogens is 3. The summed E-state index contributed by atoms with van der Waals surface area (Å²) >= 11 is 1.64. The highest BCUT2D eigenvalue weighted by Crippen LogP contribution is 2.41. The van der Waals surface area contributed by atoms with E-state index in [0.717, 1.165) is 80.1 Å². The molecule has 0 fully saturated rings. The number of unbranched alkanes of at least 4 members (excludes halogenated alkanes) is 2. The summed E-state index contributed by atoms with van der Waals surface area (Å²) < 4.78 is 6.80. The van der Waals surface area contributed by atoms with Crippen LogP contribution in [0.2, 0.25) is 0 Å². The van der Waals surface area contributed by atoms with Crippen molar-refractivity contribution in [1.29, 1.82) is 0 Å². The SMILES string of the molecule is CCCCCC(C)c1c(-c2ccc3nc(-c4sc(C)nc4C)ccc3c2)n(CC(=O)O)c2cc(C(=O)OC)ccc12. The van der Waals surface area contributed by atoms with Gasteiger partial charge in [-0.3, -0.25) is 4.79 Å². The van der Waals surface area contributed by atoms with E-state index in [4.69, 9.17) is 9.72 Å². The Kier molecular flexibility index (Phi) is 8.22. The van der Waals surface area contributed by atoms with E-state index >= 15 is 0 Å². The van der Waals surface area contributed by atoms with E-state index < -0.39 is 11.9 Å². The summed E-state index contributed by atoms with van der Waals surface area (Å²) in [4.78, 5) is 35.1. The highest BCUT2D eigenvalue weighted by molar-refractivity contribution is 7.15. The van der Waals surface area contributed by atoms with Crippen LogP contribution in [-0.4, -0.2) is 38.7 Å². The molecule has 212 valence electrons. The molecule has 1 atom stereocenters. The topological polar surface area (TPSA) is 94.3 Å². The van der Waals surface area contributed by atoms with Gasteiger partial charge in [0.1, 0.15) is 6.54 Å². The van der Waals surface area contributed by atoms with Crippen molar-refractivity contribution in [2.45, 2.75) is 65.8 Å². The van der Waals surface area contributed by atoms with Gasteiger partial charge in [-0.2, -0.15) is 0 Å². The van der Waals surface area contributed by atoms with Crippen LogP contribution in [0, 0.1) is 13.8 Å². The first kappa shape index (κ1) is 28.5. The van der Waals surface area contributed by atoms with Gasteiger partial charge < -0.3 is 14.4 Å². The highest BCUT2D eigenvalue weighted by atomic mass is 32.1. The van der Waals surface area contributed by atoms with Crippen molar-refractivity contribution in [3.8, 4) is 21.8 Å². The Morgan fingerprint density at radius 3 is 2.54 bits per heavy atom. The molecule has 0 spiro atoms.